The Balaban J connectivity index is 1.90. The van der Waals surface area contributed by atoms with Gasteiger partial charge in [0.1, 0.15) is 5.83 Å². The second kappa shape index (κ2) is 5.72. The highest BCUT2D eigenvalue weighted by Gasteiger charge is 2.29. The fourth-order valence-electron chi connectivity index (χ4n) is 3.63. The van der Waals surface area contributed by atoms with Gasteiger partial charge in [0.15, 0.2) is 5.78 Å². The summed E-state index contributed by atoms with van der Waals surface area (Å²) in [7, 11) is 0. The van der Waals surface area contributed by atoms with Crippen LogP contribution in [0, 0.1) is 0 Å². The number of benzene rings is 3. The maximum absolute atomic E-state index is 15.1. The lowest BCUT2D eigenvalue weighted by molar-refractivity contribution is 0.102. The van der Waals surface area contributed by atoms with Crippen LogP contribution in [0.15, 0.2) is 72.3 Å². The van der Waals surface area contributed by atoms with E-state index in [-0.39, 0.29) is 23.1 Å². The van der Waals surface area contributed by atoms with Gasteiger partial charge in [0.25, 0.3) is 0 Å². The molecule has 1 aliphatic carbocycles. The molecule has 1 nitrogen and oxygen atoms in total. The topological polar surface area (TPSA) is 17.1 Å². The highest BCUT2D eigenvalue weighted by atomic mass is 19.1. The molecule has 118 valence electrons. The zero-order valence-electron chi connectivity index (χ0n) is 13.4. The number of halogens is 1. The minimum atomic E-state index is -0.372. The molecular weight excluding hydrogens is 299 g/mol. The van der Waals surface area contributed by atoms with Gasteiger partial charge >= 0.3 is 0 Å². The van der Waals surface area contributed by atoms with Gasteiger partial charge in [-0.05, 0) is 28.7 Å². The number of carbonyl (C=O) groups is 1. The summed E-state index contributed by atoms with van der Waals surface area (Å²) in [5.74, 6) is -0.477. The summed E-state index contributed by atoms with van der Waals surface area (Å²) in [5, 5.41) is 2.18. The lowest BCUT2D eigenvalue weighted by atomic mass is 9.79. The predicted octanol–water partition coefficient (Wildman–Crippen LogP) is 5.91. The normalized spacial score (nSPS) is 17.0. The van der Waals surface area contributed by atoms with Gasteiger partial charge in [0.05, 0.1) is 0 Å². The van der Waals surface area contributed by atoms with Gasteiger partial charge in [0, 0.05) is 16.7 Å². The maximum atomic E-state index is 15.1. The molecule has 3 aromatic rings. The van der Waals surface area contributed by atoms with E-state index in [2.05, 4.69) is 6.92 Å². The predicted molar refractivity (Wildman–Crippen MR) is 95.8 cm³/mol. The number of Topliss-reactive ketones (excluding diaryl/α,β-unsaturated/α-hetero) is 1. The highest BCUT2D eigenvalue weighted by molar-refractivity contribution is 6.13. The third-order valence-corrected chi connectivity index (χ3v) is 4.79. The first-order valence-corrected chi connectivity index (χ1v) is 8.17. The number of hydrogen-bond acceptors (Lipinski definition) is 1. The van der Waals surface area contributed by atoms with Gasteiger partial charge in [-0.1, -0.05) is 73.7 Å². The van der Waals surface area contributed by atoms with Crippen LogP contribution in [0.2, 0.25) is 0 Å². The van der Waals surface area contributed by atoms with Crippen molar-refractivity contribution in [3.05, 3.63) is 89.0 Å². The van der Waals surface area contributed by atoms with Gasteiger partial charge < -0.3 is 0 Å². The number of rotatable bonds is 2. The molecule has 1 atom stereocenters. The Labute approximate surface area is 140 Å². The molecule has 0 amide bonds. The molecule has 2 heteroatoms. The fraction of sp³-hybridized carbons (Fsp3) is 0.136. The van der Waals surface area contributed by atoms with E-state index in [9.17, 15) is 4.79 Å². The van der Waals surface area contributed by atoms with Gasteiger partial charge in [-0.2, -0.15) is 0 Å². The molecule has 0 saturated heterocycles. The summed E-state index contributed by atoms with van der Waals surface area (Å²) < 4.78 is 15.1. The Kier molecular flexibility index (Phi) is 3.53. The second-order valence-electron chi connectivity index (χ2n) is 6.34. The van der Waals surface area contributed by atoms with Crippen LogP contribution in [0.4, 0.5) is 4.39 Å². The van der Waals surface area contributed by atoms with Crippen molar-refractivity contribution < 1.29 is 9.18 Å². The fourth-order valence-corrected chi connectivity index (χ4v) is 3.63. The van der Waals surface area contributed by atoms with E-state index in [1.807, 2.05) is 36.4 Å². The smallest absolute Gasteiger partial charge is 0.191 e. The first kappa shape index (κ1) is 14.8. The van der Waals surface area contributed by atoms with Crippen LogP contribution in [0.1, 0.15) is 40.7 Å². The van der Waals surface area contributed by atoms with Crippen LogP contribution in [0.3, 0.4) is 0 Å². The van der Waals surface area contributed by atoms with Crippen LogP contribution in [-0.2, 0) is 0 Å². The van der Waals surface area contributed by atoms with Gasteiger partial charge in [0.2, 0.25) is 0 Å². The second-order valence-corrected chi connectivity index (χ2v) is 6.34. The Morgan fingerprint density at radius 2 is 1.67 bits per heavy atom. The number of ketones is 1. The molecule has 3 aromatic carbocycles. The van der Waals surface area contributed by atoms with Crippen LogP contribution < -0.4 is 0 Å². The minimum Gasteiger partial charge on any atom is -0.289 e. The molecule has 4 rings (SSSR count). The summed E-state index contributed by atoms with van der Waals surface area (Å²) in [4.78, 5) is 12.7. The van der Waals surface area contributed by atoms with Crippen molar-refractivity contribution in [2.24, 2.45) is 0 Å². The van der Waals surface area contributed by atoms with Crippen LogP contribution in [0.25, 0.3) is 16.6 Å². The molecule has 24 heavy (non-hydrogen) atoms. The third kappa shape index (κ3) is 2.26. The Bertz CT molecular complexity index is 970. The number of allylic oxidation sites excluding steroid dienone is 1. The molecule has 0 saturated carbocycles. The zero-order valence-corrected chi connectivity index (χ0v) is 13.4. The lowest BCUT2D eigenvalue weighted by Crippen LogP contribution is -2.14. The third-order valence-electron chi connectivity index (χ3n) is 4.79. The summed E-state index contributed by atoms with van der Waals surface area (Å²) in [6.07, 6.45) is 0.431. The quantitative estimate of drug-likeness (QED) is 0.537. The van der Waals surface area contributed by atoms with Crippen LogP contribution >= 0.6 is 0 Å². The Hall–Kier alpha value is -2.74. The monoisotopic (exact) mass is 316 g/mol. The van der Waals surface area contributed by atoms with E-state index in [1.165, 1.54) is 0 Å². The van der Waals surface area contributed by atoms with Crippen molar-refractivity contribution in [3.63, 3.8) is 0 Å². The first-order chi connectivity index (χ1) is 11.7. The SMILES string of the molecule is CC1CC(C(=O)c2ccccc2)=C(F)c2ccc3ccccc3c21. The van der Waals surface area contributed by atoms with Crippen molar-refractivity contribution >= 4 is 22.4 Å². The average Bonchev–Trinajstić information content (AvgIpc) is 2.64. The van der Waals surface area contributed by atoms with Crippen molar-refractivity contribution in [1.29, 1.82) is 0 Å². The van der Waals surface area contributed by atoms with Crippen molar-refractivity contribution in [3.8, 4) is 0 Å². The van der Waals surface area contributed by atoms with Crippen molar-refractivity contribution in [1.82, 2.24) is 0 Å². The minimum absolute atomic E-state index is 0.105. The molecule has 0 fully saturated rings. The summed E-state index contributed by atoms with van der Waals surface area (Å²) >= 11 is 0. The van der Waals surface area contributed by atoms with E-state index in [4.69, 9.17) is 0 Å². The number of carbonyl (C=O) groups excluding carboxylic acids is 1. The molecule has 0 spiro atoms. The molecule has 0 radical (unpaired) electrons. The Morgan fingerprint density at radius 1 is 0.958 bits per heavy atom. The number of hydrogen-bond donors (Lipinski definition) is 0. The van der Waals surface area contributed by atoms with Crippen molar-refractivity contribution in [2.45, 2.75) is 19.3 Å². The lowest BCUT2D eigenvalue weighted by Gasteiger charge is -2.25. The summed E-state index contributed by atoms with van der Waals surface area (Å²) in [6, 6.07) is 20.7. The molecule has 0 N–H and O–H groups in total. The van der Waals surface area contributed by atoms with E-state index in [0.717, 1.165) is 16.3 Å². The zero-order chi connectivity index (χ0) is 16.7. The Morgan fingerprint density at radius 3 is 2.46 bits per heavy atom. The van der Waals surface area contributed by atoms with Gasteiger partial charge in [-0.15, -0.1) is 0 Å². The number of fused-ring (bicyclic) bond motifs is 3. The van der Waals surface area contributed by atoms with E-state index < -0.39 is 0 Å². The molecule has 1 aliphatic rings. The van der Waals surface area contributed by atoms with Gasteiger partial charge in [-0.25, -0.2) is 4.39 Å². The van der Waals surface area contributed by atoms with Gasteiger partial charge in [-0.3, -0.25) is 4.79 Å². The molecule has 0 heterocycles. The molecule has 1 unspecified atom stereocenters. The molecular formula is C22H17FO. The van der Waals surface area contributed by atoms with E-state index in [1.54, 1.807) is 30.3 Å². The van der Waals surface area contributed by atoms with Crippen LogP contribution in [0.5, 0.6) is 0 Å². The van der Waals surface area contributed by atoms with E-state index >= 15 is 4.39 Å². The standard InChI is InChI=1S/C22H17FO/c1-14-13-19(22(24)16-8-3-2-4-9-16)21(23)18-12-11-15-7-5-6-10-17(15)20(14)18/h2-12,14H,13H2,1H3. The summed E-state index contributed by atoms with van der Waals surface area (Å²) in [5.41, 5.74) is 2.40. The van der Waals surface area contributed by atoms with E-state index in [0.29, 0.717) is 17.5 Å². The molecule has 0 bridgehead atoms. The first-order valence-electron chi connectivity index (χ1n) is 8.17. The molecule has 0 aromatic heterocycles. The van der Waals surface area contributed by atoms with Crippen molar-refractivity contribution in [2.75, 3.05) is 0 Å². The average molecular weight is 316 g/mol. The largest absolute Gasteiger partial charge is 0.289 e. The highest BCUT2D eigenvalue weighted by Crippen LogP contribution is 2.43. The summed E-state index contributed by atoms with van der Waals surface area (Å²) in [6.45, 7) is 2.07. The molecule has 0 aliphatic heterocycles. The van der Waals surface area contributed by atoms with Crippen LogP contribution in [-0.4, -0.2) is 5.78 Å². The maximum Gasteiger partial charge on any atom is 0.191 e.